The molecule has 1 aromatic carbocycles. The summed E-state index contributed by atoms with van der Waals surface area (Å²) in [6, 6.07) is 6.94. The summed E-state index contributed by atoms with van der Waals surface area (Å²) >= 11 is 0. The van der Waals surface area contributed by atoms with E-state index in [0.29, 0.717) is 25.1 Å². The lowest BCUT2D eigenvalue weighted by Gasteiger charge is -2.12. The first-order valence-electron chi connectivity index (χ1n) is 5.92. The topological polar surface area (TPSA) is 84.6 Å². The molecule has 1 aromatic rings. The Morgan fingerprint density at radius 2 is 2.11 bits per heavy atom. The van der Waals surface area contributed by atoms with Crippen LogP contribution in [-0.2, 0) is 9.53 Å². The number of rotatable bonds is 7. The number of hydrogen-bond acceptors (Lipinski definition) is 4. The van der Waals surface area contributed by atoms with Crippen LogP contribution in [0.2, 0.25) is 0 Å². The smallest absolute Gasteiger partial charge is 0.220 e. The van der Waals surface area contributed by atoms with Gasteiger partial charge in [0, 0.05) is 32.4 Å². The summed E-state index contributed by atoms with van der Waals surface area (Å²) in [6.45, 7) is 0.768. The number of methoxy groups -OCH3 is 1. The molecule has 0 aromatic heterocycles. The van der Waals surface area contributed by atoms with E-state index < -0.39 is 6.10 Å². The quantitative estimate of drug-likeness (QED) is 0.496. The minimum absolute atomic E-state index is 0.0819. The van der Waals surface area contributed by atoms with Crippen LogP contribution in [0.1, 0.15) is 24.5 Å². The predicted octanol–water partition coefficient (Wildman–Crippen LogP) is 0.845. The molecule has 1 rings (SSSR count). The lowest BCUT2D eigenvalue weighted by molar-refractivity contribution is -0.121. The van der Waals surface area contributed by atoms with E-state index in [2.05, 4.69) is 5.32 Å². The third-order valence-corrected chi connectivity index (χ3v) is 2.57. The molecule has 0 fully saturated rings. The highest BCUT2D eigenvalue weighted by atomic mass is 16.5. The van der Waals surface area contributed by atoms with Gasteiger partial charge in [-0.3, -0.25) is 4.79 Å². The number of aliphatic hydroxyl groups excluding tert-OH is 1. The molecule has 0 bridgehead atoms. The maximum Gasteiger partial charge on any atom is 0.220 e. The van der Waals surface area contributed by atoms with Gasteiger partial charge in [0.2, 0.25) is 5.91 Å². The number of hydrogen-bond donors (Lipinski definition) is 3. The van der Waals surface area contributed by atoms with Crippen molar-refractivity contribution in [3.8, 4) is 0 Å². The Labute approximate surface area is 107 Å². The number of ether oxygens (including phenoxy) is 1. The van der Waals surface area contributed by atoms with Gasteiger partial charge in [0.15, 0.2) is 0 Å². The summed E-state index contributed by atoms with van der Waals surface area (Å²) in [5.41, 5.74) is 6.94. The molecule has 0 spiro atoms. The molecule has 0 saturated carbocycles. The first kappa shape index (κ1) is 14.5. The summed E-state index contributed by atoms with van der Waals surface area (Å²) in [4.78, 5) is 11.4. The number of nitrogens with one attached hydrogen (secondary N) is 1. The van der Waals surface area contributed by atoms with Crippen LogP contribution in [0, 0.1) is 0 Å². The number of nitrogens with two attached hydrogens (primary N) is 1. The Kier molecular flexibility index (Phi) is 6.18. The fourth-order valence-electron chi connectivity index (χ4n) is 1.51. The Hall–Kier alpha value is -1.59. The zero-order valence-electron chi connectivity index (χ0n) is 10.6. The molecule has 1 amide bonds. The number of benzene rings is 1. The lowest BCUT2D eigenvalue weighted by atomic mass is 10.1. The summed E-state index contributed by atoms with van der Waals surface area (Å²) in [7, 11) is 1.60. The standard InChI is InChI=1S/C13H20N2O3/c1-18-8-2-3-13(17)15-9-12(16)10-4-6-11(14)7-5-10/h4-7,12,16H,2-3,8-9,14H2,1H3,(H,15,17). The van der Waals surface area contributed by atoms with Crippen LogP contribution < -0.4 is 11.1 Å². The average Bonchev–Trinajstić information content (AvgIpc) is 2.37. The zero-order chi connectivity index (χ0) is 13.4. The average molecular weight is 252 g/mol. The number of carbonyl (C=O) groups is 1. The summed E-state index contributed by atoms with van der Waals surface area (Å²) in [5.74, 6) is -0.0819. The third kappa shape index (κ3) is 5.16. The van der Waals surface area contributed by atoms with Gasteiger partial charge in [0.25, 0.3) is 0 Å². The normalized spacial score (nSPS) is 12.1. The van der Waals surface area contributed by atoms with Gasteiger partial charge in [0.05, 0.1) is 6.10 Å². The first-order valence-corrected chi connectivity index (χ1v) is 5.92. The Bertz CT molecular complexity index is 365. The van der Waals surface area contributed by atoms with Gasteiger partial charge < -0.3 is 20.9 Å². The largest absolute Gasteiger partial charge is 0.399 e. The summed E-state index contributed by atoms with van der Waals surface area (Å²) in [5, 5.41) is 12.5. The van der Waals surface area contributed by atoms with Gasteiger partial charge in [-0.15, -0.1) is 0 Å². The molecule has 0 heterocycles. The molecule has 100 valence electrons. The second-order valence-electron chi connectivity index (χ2n) is 4.08. The number of amides is 1. The van der Waals surface area contributed by atoms with Gasteiger partial charge in [-0.05, 0) is 24.1 Å². The van der Waals surface area contributed by atoms with Gasteiger partial charge in [-0.1, -0.05) is 12.1 Å². The number of aliphatic hydroxyl groups is 1. The minimum atomic E-state index is -0.711. The Morgan fingerprint density at radius 1 is 1.44 bits per heavy atom. The molecule has 0 aliphatic heterocycles. The molecule has 5 heteroatoms. The van der Waals surface area contributed by atoms with Crippen LogP contribution >= 0.6 is 0 Å². The van der Waals surface area contributed by atoms with E-state index >= 15 is 0 Å². The molecule has 0 radical (unpaired) electrons. The summed E-state index contributed by atoms with van der Waals surface area (Å²) < 4.78 is 4.86. The van der Waals surface area contributed by atoms with Crippen molar-refractivity contribution < 1.29 is 14.6 Å². The molecule has 4 N–H and O–H groups in total. The van der Waals surface area contributed by atoms with E-state index in [4.69, 9.17) is 10.5 Å². The molecular formula is C13H20N2O3. The van der Waals surface area contributed by atoms with Crippen LogP contribution in [0.15, 0.2) is 24.3 Å². The first-order chi connectivity index (χ1) is 8.63. The van der Waals surface area contributed by atoms with Crippen molar-refractivity contribution >= 4 is 11.6 Å². The lowest BCUT2D eigenvalue weighted by Crippen LogP contribution is -2.28. The molecular weight excluding hydrogens is 232 g/mol. The second-order valence-corrected chi connectivity index (χ2v) is 4.08. The van der Waals surface area contributed by atoms with Crippen LogP contribution in [0.4, 0.5) is 5.69 Å². The number of anilines is 1. The molecule has 0 saturated heterocycles. The van der Waals surface area contributed by atoms with Gasteiger partial charge in [0.1, 0.15) is 0 Å². The second kappa shape index (κ2) is 7.68. The minimum Gasteiger partial charge on any atom is -0.399 e. The summed E-state index contributed by atoms with van der Waals surface area (Å²) in [6.07, 6.45) is 0.375. The molecule has 18 heavy (non-hydrogen) atoms. The molecule has 5 nitrogen and oxygen atoms in total. The van der Waals surface area contributed by atoms with Crippen molar-refractivity contribution in [1.29, 1.82) is 0 Å². The van der Waals surface area contributed by atoms with Gasteiger partial charge in [-0.25, -0.2) is 0 Å². The molecule has 0 aliphatic carbocycles. The zero-order valence-corrected chi connectivity index (χ0v) is 10.6. The highest BCUT2D eigenvalue weighted by Gasteiger charge is 2.09. The van der Waals surface area contributed by atoms with Crippen molar-refractivity contribution in [3.63, 3.8) is 0 Å². The molecule has 0 aliphatic rings. The third-order valence-electron chi connectivity index (χ3n) is 2.57. The van der Waals surface area contributed by atoms with E-state index in [1.807, 2.05) is 0 Å². The highest BCUT2D eigenvalue weighted by molar-refractivity contribution is 5.75. The van der Waals surface area contributed by atoms with Crippen molar-refractivity contribution in [3.05, 3.63) is 29.8 Å². The molecule has 1 unspecified atom stereocenters. The van der Waals surface area contributed by atoms with Crippen molar-refractivity contribution in [2.45, 2.75) is 18.9 Å². The van der Waals surface area contributed by atoms with E-state index in [9.17, 15) is 9.90 Å². The van der Waals surface area contributed by atoms with E-state index in [-0.39, 0.29) is 12.5 Å². The fraction of sp³-hybridized carbons (Fsp3) is 0.462. The van der Waals surface area contributed by atoms with Gasteiger partial charge >= 0.3 is 0 Å². The van der Waals surface area contributed by atoms with Crippen molar-refractivity contribution in [2.75, 3.05) is 26.0 Å². The highest BCUT2D eigenvalue weighted by Crippen LogP contribution is 2.13. The Morgan fingerprint density at radius 3 is 2.72 bits per heavy atom. The van der Waals surface area contributed by atoms with Crippen LogP contribution in [0.5, 0.6) is 0 Å². The molecule has 1 atom stereocenters. The SMILES string of the molecule is COCCCC(=O)NCC(O)c1ccc(N)cc1. The van der Waals surface area contributed by atoms with E-state index in [1.54, 1.807) is 31.4 Å². The van der Waals surface area contributed by atoms with Crippen molar-refractivity contribution in [2.24, 2.45) is 0 Å². The Balaban J connectivity index is 2.30. The number of nitrogen functional groups attached to an aromatic ring is 1. The number of carbonyl (C=O) groups excluding carboxylic acids is 1. The van der Waals surface area contributed by atoms with Crippen LogP contribution in [-0.4, -0.2) is 31.3 Å². The fourth-order valence-corrected chi connectivity index (χ4v) is 1.51. The van der Waals surface area contributed by atoms with Crippen molar-refractivity contribution in [1.82, 2.24) is 5.32 Å². The van der Waals surface area contributed by atoms with Crippen LogP contribution in [0.3, 0.4) is 0 Å². The van der Waals surface area contributed by atoms with Gasteiger partial charge in [-0.2, -0.15) is 0 Å². The predicted molar refractivity (Wildman–Crippen MR) is 69.9 cm³/mol. The van der Waals surface area contributed by atoms with Crippen LogP contribution in [0.25, 0.3) is 0 Å². The maximum absolute atomic E-state index is 11.4. The monoisotopic (exact) mass is 252 g/mol. The van der Waals surface area contributed by atoms with E-state index in [1.165, 1.54) is 0 Å². The van der Waals surface area contributed by atoms with E-state index in [0.717, 1.165) is 5.56 Å². The maximum atomic E-state index is 11.4.